The average Bonchev–Trinajstić information content (AvgIpc) is 4.07. The molecular formula is C51H57ClFN7O7S. The van der Waals surface area contributed by atoms with E-state index in [1.54, 1.807) is 79.4 Å². The van der Waals surface area contributed by atoms with Gasteiger partial charge in [0, 0.05) is 49.6 Å². The molecule has 2 fully saturated rings. The van der Waals surface area contributed by atoms with Gasteiger partial charge in [-0.25, -0.2) is 9.37 Å². The number of halogens is 2. The second-order valence-electron chi connectivity index (χ2n) is 18.4. The molecule has 14 nitrogen and oxygen atoms in total. The van der Waals surface area contributed by atoms with E-state index < -0.39 is 34.8 Å². The summed E-state index contributed by atoms with van der Waals surface area (Å²) in [5.74, 6) is -0.618. The zero-order chi connectivity index (χ0) is 48.8. The molecule has 2 aliphatic heterocycles. The molecular weight excluding hydrogens is 909 g/mol. The number of benzene rings is 4. The van der Waals surface area contributed by atoms with Gasteiger partial charge in [-0.3, -0.25) is 24.1 Å². The first-order valence-electron chi connectivity index (χ1n) is 22.6. The summed E-state index contributed by atoms with van der Waals surface area (Å²) in [6.07, 6.45) is 5.37. The predicted molar refractivity (Wildman–Crippen MR) is 265 cm³/mol. The van der Waals surface area contributed by atoms with Crippen LogP contribution in [-0.2, 0) is 30.5 Å². The van der Waals surface area contributed by atoms with Crippen LogP contribution in [0.2, 0.25) is 5.02 Å². The smallest absolute Gasteiger partial charge is 0.259 e. The Hall–Kier alpha value is -6.36. The summed E-state index contributed by atoms with van der Waals surface area (Å²) in [6.45, 7) is 10.3. The Morgan fingerprint density at radius 2 is 1.68 bits per heavy atom. The number of oxazole rings is 1. The van der Waals surface area contributed by atoms with Gasteiger partial charge >= 0.3 is 0 Å². The maximum Gasteiger partial charge on any atom is 0.259 e. The summed E-state index contributed by atoms with van der Waals surface area (Å²) in [5, 5.41) is 9.61. The molecule has 0 unspecified atom stereocenters. The molecule has 0 bridgehead atoms. The number of hydrogen-bond donors (Lipinski definition) is 3. The lowest BCUT2D eigenvalue weighted by Gasteiger charge is -2.35. The second kappa shape index (κ2) is 21.3. The fourth-order valence-corrected chi connectivity index (χ4v) is 9.14. The van der Waals surface area contributed by atoms with Crippen molar-refractivity contribution in [1.82, 2.24) is 20.5 Å². The molecule has 358 valence electrons. The summed E-state index contributed by atoms with van der Waals surface area (Å²) in [4.78, 5) is 62.8. The number of likely N-dealkylation sites (tertiary alicyclic amines) is 1. The van der Waals surface area contributed by atoms with Gasteiger partial charge in [0.1, 0.15) is 35.8 Å². The number of thiocarbonyl (C=S) groups is 1. The normalized spacial score (nSPS) is 16.2. The Balaban J connectivity index is 0.836. The largest absolute Gasteiger partial charge is 0.493 e. The van der Waals surface area contributed by atoms with Crippen LogP contribution < -0.4 is 30.5 Å². The molecule has 0 spiro atoms. The number of amides is 4. The molecule has 4 aromatic carbocycles. The molecule has 3 N–H and O–H groups in total. The van der Waals surface area contributed by atoms with Crippen molar-refractivity contribution in [1.29, 1.82) is 0 Å². The summed E-state index contributed by atoms with van der Waals surface area (Å²) in [5.41, 5.74) is 3.14. The van der Waals surface area contributed by atoms with Crippen LogP contribution in [0.3, 0.4) is 0 Å². The van der Waals surface area contributed by atoms with E-state index in [1.165, 1.54) is 17.4 Å². The quantitative estimate of drug-likeness (QED) is 0.0570. The first-order chi connectivity index (χ1) is 32.5. The molecule has 7 rings (SSSR count). The number of nitrogens with one attached hydrogen (secondary N) is 3. The van der Waals surface area contributed by atoms with Gasteiger partial charge in [-0.15, -0.1) is 0 Å². The van der Waals surface area contributed by atoms with Gasteiger partial charge in [0.2, 0.25) is 17.7 Å². The number of nitrogens with zero attached hydrogens (tertiary/aromatic N) is 4. The van der Waals surface area contributed by atoms with Crippen LogP contribution in [0.25, 0.3) is 22.5 Å². The van der Waals surface area contributed by atoms with Gasteiger partial charge in [-0.1, -0.05) is 68.8 Å². The second-order valence-corrected chi connectivity index (χ2v) is 19.1. The zero-order valence-corrected chi connectivity index (χ0v) is 40.6. The number of anilines is 3. The van der Waals surface area contributed by atoms with Crippen molar-refractivity contribution in [2.75, 3.05) is 48.5 Å². The van der Waals surface area contributed by atoms with Gasteiger partial charge < -0.3 is 39.6 Å². The Morgan fingerprint density at radius 1 is 0.971 bits per heavy atom. The average molecular weight is 967 g/mol. The van der Waals surface area contributed by atoms with Crippen LogP contribution >= 0.6 is 23.8 Å². The van der Waals surface area contributed by atoms with Crippen molar-refractivity contribution in [3.05, 3.63) is 114 Å². The highest BCUT2D eigenvalue weighted by Crippen LogP contribution is 2.39. The maximum absolute atomic E-state index is 15.5. The third kappa shape index (κ3) is 11.1. The molecule has 0 radical (unpaired) electrons. The van der Waals surface area contributed by atoms with Gasteiger partial charge in [-0.05, 0) is 111 Å². The Bertz CT molecular complexity index is 2620. The molecule has 17 heteroatoms. The van der Waals surface area contributed by atoms with Crippen LogP contribution in [-0.4, -0.2) is 89.7 Å². The van der Waals surface area contributed by atoms with Gasteiger partial charge in [0.25, 0.3) is 5.91 Å². The fourth-order valence-electron chi connectivity index (χ4n) is 8.35. The molecule has 2 aliphatic rings. The van der Waals surface area contributed by atoms with Crippen molar-refractivity contribution in [3.63, 3.8) is 0 Å². The van der Waals surface area contributed by atoms with Crippen LogP contribution in [0.5, 0.6) is 5.75 Å². The Kier molecular flexibility index (Phi) is 15.5. The minimum Gasteiger partial charge on any atom is -0.493 e. The van der Waals surface area contributed by atoms with E-state index in [0.717, 1.165) is 16.8 Å². The number of carbonyl (C=O) groups excluding carboxylic acids is 4. The topological polar surface area (TPSA) is 159 Å². The van der Waals surface area contributed by atoms with Crippen molar-refractivity contribution >= 4 is 69.6 Å². The number of carbonyl (C=O) groups is 4. The highest BCUT2D eigenvalue weighted by molar-refractivity contribution is 7.81. The monoisotopic (exact) mass is 965 g/mol. The Morgan fingerprint density at radius 3 is 2.34 bits per heavy atom. The van der Waals surface area contributed by atoms with Crippen molar-refractivity contribution in [2.45, 2.75) is 84.5 Å². The van der Waals surface area contributed by atoms with Crippen LogP contribution in [0.15, 0.2) is 102 Å². The SMILES string of the molecule is CNc1ccc(N2C(=O)C(C)(C)N(c3ccc(-c4ccc(OCCCCOCC(=O)N[C@H](C(=O)N5CCC[C@H]5C(=O)NCc5ccc(-c6cnco6)cc5)C(C)(C)C)cc4F)cc3)C2=S)cc1Cl. The molecule has 2 saturated heterocycles. The van der Waals surface area contributed by atoms with E-state index in [-0.39, 0.29) is 30.9 Å². The van der Waals surface area contributed by atoms with E-state index in [4.69, 9.17) is 37.7 Å². The summed E-state index contributed by atoms with van der Waals surface area (Å²) >= 11 is 12.3. The number of rotatable bonds is 18. The highest BCUT2D eigenvalue weighted by Gasteiger charge is 2.50. The van der Waals surface area contributed by atoms with E-state index in [0.29, 0.717) is 89.5 Å². The number of hydrogen-bond acceptors (Lipinski definition) is 10. The zero-order valence-electron chi connectivity index (χ0n) is 39.1. The minimum absolute atomic E-state index is 0.201. The van der Waals surface area contributed by atoms with Crippen LogP contribution in [0.4, 0.5) is 21.5 Å². The molecule has 1 aromatic heterocycles. The lowest BCUT2D eigenvalue weighted by molar-refractivity contribution is -0.144. The van der Waals surface area contributed by atoms with Crippen molar-refractivity contribution in [3.8, 4) is 28.2 Å². The predicted octanol–water partition coefficient (Wildman–Crippen LogP) is 8.77. The maximum atomic E-state index is 15.5. The molecule has 2 atom stereocenters. The van der Waals surface area contributed by atoms with E-state index in [1.807, 2.05) is 57.2 Å². The van der Waals surface area contributed by atoms with E-state index >= 15 is 4.39 Å². The third-order valence-electron chi connectivity index (χ3n) is 12.1. The molecule has 4 amide bonds. The van der Waals surface area contributed by atoms with Gasteiger partial charge in [0.15, 0.2) is 17.3 Å². The molecule has 68 heavy (non-hydrogen) atoms. The molecule has 5 aromatic rings. The lowest BCUT2D eigenvalue weighted by Crippen LogP contribution is -2.58. The number of unbranched alkanes of at least 4 members (excludes halogenated alkanes) is 1. The van der Waals surface area contributed by atoms with Crippen molar-refractivity contribution < 1.29 is 37.5 Å². The standard InChI is InChI=1S/C51H57ClFN7O7S/c1-50(2,3)45(47(63)58-23-9-10-42(58)46(62)56-28-32-11-13-34(14-12-32)43-29-55-31-67-43)57-44(61)30-65-24-7-8-25-66-37-20-21-38(40(53)27-37)33-15-17-35(18-16-33)60-49(68)59(48(64)51(60,4)5)36-19-22-41(54-6)39(52)26-36/h11-22,26-27,29,31,42,45,54H,7-10,23-25,28,30H2,1-6H3,(H,56,62)(H,57,61)/t42-,45+/m0/s1. The minimum atomic E-state index is -0.993. The number of ether oxygens (including phenoxy) is 2. The third-order valence-corrected chi connectivity index (χ3v) is 12.8. The lowest BCUT2D eigenvalue weighted by atomic mass is 9.85. The van der Waals surface area contributed by atoms with Gasteiger partial charge in [-0.2, -0.15) is 0 Å². The number of aromatic nitrogens is 1. The van der Waals surface area contributed by atoms with E-state index in [2.05, 4.69) is 20.9 Å². The summed E-state index contributed by atoms with van der Waals surface area (Å²) < 4.78 is 32.3. The van der Waals surface area contributed by atoms with Crippen molar-refractivity contribution in [2.24, 2.45) is 5.41 Å². The molecule has 0 aliphatic carbocycles. The molecule has 3 heterocycles. The fraction of sp³-hybridized carbons (Fsp3) is 0.373. The van der Waals surface area contributed by atoms with Crippen LogP contribution in [0, 0.1) is 11.2 Å². The Labute approximate surface area is 406 Å². The molecule has 0 saturated carbocycles. The van der Waals surface area contributed by atoms with Gasteiger partial charge in [0.05, 0.1) is 29.2 Å². The van der Waals surface area contributed by atoms with E-state index in [9.17, 15) is 19.2 Å². The highest BCUT2D eigenvalue weighted by atomic mass is 35.5. The summed E-state index contributed by atoms with van der Waals surface area (Å²) in [6, 6.07) is 23.3. The first kappa shape index (κ1) is 49.5. The summed E-state index contributed by atoms with van der Waals surface area (Å²) in [7, 11) is 1.77. The van der Waals surface area contributed by atoms with Crippen LogP contribution in [0.1, 0.15) is 65.9 Å². The first-order valence-corrected chi connectivity index (χ1v) is 23.4.